The van der Waals surface area contributed by atoms with Crippen LogP contribution in [0.5, 0.6) is 0 Å². The Bertz CT molecular complexity index is 3350. The van der Waals surface area contributed by atoms with Crippen molar-refractivity contribution >= 4 is 71.3 Å². The molecule has 14 N–H and O–H groups in total. The van der Waals surface area contributed by atoms with Crippen LogP contribution < -0.4 is 43.5 Å². The summed E-state index contributed by atoms with van der Waals surface area (Å²) in [7, 11) is -21.4. The number of aryl methyl sites for hydroxylation is 1. The van der Waals surface area contributed by atoms with Gasteiger partial charge < -0.3 is 80.1 Å². The maximum Gasteiger partial charge on any atom is 0.490 e. The molecule has 0 saturated carbocycles. The number of methoxy groups -OCH3 is 1. The highest BCUT2D eigenvalue weighted by Crippen LogP contribution is 2.68. The second-order valence-corrected chi connectivity index (χ2v) is 22.5. The minimum absolute atomic E-state index is 0.0213. The highest BCUT2D eigenvalue weighted by Gasteiger charge is 2.53. The van der Waals surface area contributed by atoms with Crippen molar-refractivity contribution in [1.82, 2.24) is 43.6 Å². The maximum atomic E-state index is 13.5. The highest BCUT2D eigenvalue weighted by molar-refractivity contribution is 7.66. The van der Waals surface area contributed by atoms with E-state index in [-0.39, 0.29) is 34.1 Å². The lowest BCUT2D eigenvalue weighted by Crippen LogP contribution is -2.39. The first kappa shape index (κ1) is 56.1. The Morgan fingerprint density at radius 1 is 0.800 bits per heavy atom. The molecule has 0 spiro atoms. The molecular formula is C33H45N13O25P4. The Morgan fingerprint density at radius 3 is 2.08 bits per heavy atom. The summed E-state index contributed by atoms with van der Waals surface area (Å²) in [5, 5.41) is 32.5. The van der Waals surface area contributed by atoms with Gasteiger partial charge in [0.2, 0.25) is 24.4 Å². The van der Waals surface area contributed by atoms with Crippen LogP contribution in [0.15, 0.2) is 45.6 Å². The number of primary amides is 1. The predicted octanol–water partition coefficient (Wildman–Crippen LogP) is -5.38. The number of nitrogens with one attached hydrogen (secondary N) is 2. The summed E-state index contributed by atoms with van der Waals surface area (Å²) in [5.41, 5.74) is 14.3. The molecule has 16 atom stereocenters. The number of ether oxygens (including phenoxy) is 4. The van der Waals surface area contributed by atoms with Crippen molar-refractivity contribution in [3.63, 3.8) is 0 Å². The van der Waals surface area contributed by atoms with Crippen LogP contribution >= 0.6 is 31.3 Å². The van der Waals surface area contributed by atoms with E-state index in [0.29, 0.717) is 4.57 Å². The average molecular weight is 1150 g/mol. The van der Waals surface area contributed by atoms with Gasteiger partial charge in [-0.05, 0) is 0 Å². The lowest BCUT2D eigenvalue weighted by Gasteiger charge is -2.31. The number of aliphatic hydroxyl groups excluding tert-OH is 3. The SMILES string of the molecule is CO[C@@H]1[C@H](OP(=O)([O-])OC[C@H]2O[C@@H](n3ccc(=O)[nH]c3=O)[C@H](O)[C@@H]2O)[C@@H](COP(=O)(O)OP(=O)(O)OP(=O)(O)OC[C@H]2OC(n3c[n+](C)c4c(=O)[nH]c(N)nc43)[C@H](O)[C@@H]2CC(N)=O)O[C@H]1n1cnc2c(N)ncnc21. The maximum absolute atomic E-state index is 13.5. The molecule has 8 rings (SSSR count). The quantitative estimate of drug-likeness (QED) is 0.0241. The molecule has 0 radical (unpaired) electrons. The fourth-order valence-corrected chi connectivity index (χ4v) is 12.8. The number of amides is 1. The van der Waals surface area contributed by atoms with E-state index in [1.54, 1.807) is 0 Å². The Hall–Kier alpha value is -5.11. The van der Waals surface area contributed by atoms with Gasteiger partial charge in [0.1, 0.15) is 54.6 Å². The van der Waals surface area contributed by atoms with Gasteiger partial charge in [0.05, 0.1) is 39.3 Å². The summed E-state index contributed by atoms with van der Waals surface area (Å²) >= 11 is 0. The molecule has 5 aromatic heterocycles. The first-order valence-corrected chi connectivity index (χ1v) is 27.2. The number of phosphoric acid groups is 4. The lowest BCUT2D eigenvalue weighted by molar-refractivity contribution is -0.646. The smallest absolute Gasteiger partial charge is 0.490 e. The lowest BCUT2D eigenvalue weighted by atomic mass is 9.94. The monoisotopic (exact) mass is 1150 g/mol. The molecule has 38 nitrogen and oxygen atoms in total. The van der Waals surface area contributed by atoms with Crippen molar-refractivity contribution in [2.24, 2.45) is 18.7 Å². The summed E-state index contributed by atoms with van der Waals surface area (Å²) < 4.78 is 108. The zero-order chi connectivity index (χ0) is 54.7. The van der Waals surface area contributed by atoms with Crippen LogP contribution in [0, 0.1) is 5.92 Å². The van der Waals surface area contributed by atoms with Crippen LogP contribution in [0.25, 0.3) is 22.3 Å². The second kappa shape index (κ2) is 21.4. The molecule has 3 fully saturated rings. The number of H-pyrrole nitrogens is 2. The fraction of sp³-hybridized carbons (Fsp3) is 0.545. The largest absolute Gasteiger partial charge is 0.756 e. The summed E-state index contributed by atoms with van der Waals surface area (Å²) in [6.45, 7) is -3.50. The van der Waals surface area contributed by atoms with Crippen LogP contribution in [0.2, 0.25) is 0 Å². The zero-order valence-electron chi connectivity index (χ0n) is 38.2. The number of aromatic amines is 2. The van der Waals surface area contributed by atoms with Crippen LogP contribution in [0.4, 0.5) is 11.8 Å². The van der Waals surface area contributed by atoms with Crippen molar-refractivity contribution in [2.75, 3.05) is 38.4 Å². The summed E-state index contributed by atoms with van der Waals surface area (Å²) in [6.07, 6.45) is -15.0. The molecule has 5 aromatic rings. The topological polar surface area (TPSA) is 553 Å². The van der Waals surface area contributed by atoms with Gasteiger partial charge in [0.25, 0.3) is 24.5 Å². The number of anilines is 2. The van der Waals surface area contributed by atoms with Gasteiger partial charge in [-0.3, -0.25) is 47.1 Å². The highest BCUT2D eigenvalue weighted by atomic mass is 31.3. The summed E-state index contributed by atoms with van der Waals surface area (Å²) in [4.78, 5) is 114. The Labute approximate surface area is 415 Å². The van der Waals surface area contributed by atoms with Gasteiger partial charge in [-0.25, -0.2) is 38.0 Å². The normalized spacial score (nSPS) is 30.3. The number of nitrogen functional groups attached to an aromatic ring is 2. The van der Waals surface area contributed by atoms with E-state index in [0.717, 1.165) is 41.2 Å². The Morgan fingerprint density at radius 2 is 1.43 bits per heavy atom. The third kappa shape index (κ3) is 12.1. The Kier molecular flexibility index (Phi) is 16.0. The van der Waals surface area contributed by atoms with Gasteiger partial charge in [-0.15, -0.1) is 0 Å². The molecule has 5 unspecified atom stereocenters. The summed E-state index contributed by atoms with van der Waals surface area (Å²) in [6, 6.07) is 0.908. The van der Waals surface area contributed by atoms with E-state index < -0.39 is 154 Å². The molecule has 0 aliphatic carbocycles. The van der Waals surface area contributed by atoms with Crippen molar-refractivity contribution in [1.29, 1.82) is 0 Å². The van der Waals surface area contributed by atoms with Gasteiger partial charge in [-0.1, -0.05) is 0 Å². The number of rotatable bonds is 21. The zero-order valence-corrected chi connectivity index (χ0v) is 41.8. The number of aliphatic hydroxyl groups is 3. The van der Waals surface area contributed by atoms with Crippen LogP contribution in [0.1, 0.15) is 25.1 Å². The van der Waals surface area contributed by atoms with Gasteiger partial charge in [-0.2, -0.15) is 18.2 Å². The second-order valence-electron chi connectivity index (χ2n) is 16.5. The minimum atomic E-state index is -6.25. The van der Waals surface area contributed by atoms with Crippen molar-refractivity contribution in [2.45, 2.75) is 73.9 Å². The molecule has 3 aliphatic rings. The van der Waals surface area contributed by atoms with Crippen LogP contribution in [-0.4, -0.2) is 155 Å². The van der Waals surface area contributed by atoms with Crippen LogP contribution in [0.3, 0.4) is 0 Å². The number of nitrogens with zero attached hydrogens (tertiary/aromatic N) is 8. The number of hydrogen-bond donors (Lipinski definition) is 11. The van der Waals surface area contributed by atoms with Crippen LogP contribution in [-0.2, 0) is 75.8 Å². The molecule has 0 aromatic carbocycles. The fourth-order valence-electron chi connectivity index (χ4n) is 8.35. The molecular weight excluding hydrogens is 1100 g/mol. The van der Waals surface area contributed by atoms with E-state index >= 15 is 0 Å². The third-order valence-electron chi connectivity index (χ3n) is 11.6. The molecule has 3 aliphatic heterocycles. The number of nitrogens with two attached hydrogens (primary N) is 3. The standard InChI is InChI=1S/C33H45N13O25P4/c1-43-11-46(27-19(43)28(52)42-32(36)41-27)29-20(49)12(5-16(34)47)13(66-29)6-64-73(56,57)70-75(60,61)71-74(58,59)65-8-15-23(24(62-2)31(68-15)45-10-39-18-25(35)37-9-38-26(18)45)69-72(54,55)63-7-14-21(50)22(51)30(67-14)44-4-3-17(48)40-33(44)53/h3-4,9-15,20-24,29-31,49-51H,5-8H2,1-2H3,(H11-,34,35,36,37,38,40,41,42,47,48,52,53,54,55,56,57,58,59,60,61)/t12-,13-,14-,15-,20-,21-,22-,23-,24-,29?,30-,31-/m1/s1. The number of imidazole rings is 2. The third-order valence-corrected chi connectivity index (χ3v) is 16.8. The molecule has 1 amide bonds. The number of carbonyl (C=O) groups is 1. The number of fused-ring (bicyclic) bond motifs is 2. The number of aromatic nitrogens is 10. The van der Waals surface area contributed by atoms with Gasteiger partial charge in [0, 0.05) is 31.7 Å². The number of phosphoric ester groups is 3. The first-order chi connectivity index (χ1) is 35.1. The molecule has 0 bridgehead atoms. The minimum Gasteiger partial charge on any atom is -0.756 e. The molecule has 3 saturated heterocycles. The molecule has 75 heavy (non-hydrogen) atoms. The van der Waals surface area contributed by atoms with Crippen molar-refractivity contribution in [3.8, 4) is 0 Å². The van der Waals surface area contributed by atoms with E-state index in [2.05, 4.69) is 33.5 Å². The number of hydrogen-bond acceptors (Lipinski definition) is 28. The Balaban J connectivity index is 0.944. The van der Waals surface area contributed by atoms with E-state index in [1.165, 1.54) is 17.9 Å². The van der Waals surface area contributed by atoms with Gasteiger partial charge >= 0.3 is 34.7 Å². The first-order valence-electron chi connectivity index (χ1n) is 21.2. The van der Waals surface area contributed by atoms with Crippen molar-refractivity contribution in [3.05, 3.63) is 62.4 Å². The molecule has 412 valence electrons. The molecule has 8 heterocycles. The van der Waals surface area contributed by atoms with Gasteiger partial charge in [0.15, 0.2) is 23.9 Å². The van der Waals surface area contributed by atoms with E-state index in [1.807, 2.05) is 4.98 Å². The van der Waals surface area contributed by atoms with E-state index in [9.17, 15) is 72.3 Å². The summed E-state index contributed by atoms with van der Waals surface area (Å²) in [5.74, 6) is -2.73. The average Bonchev–Trinajstić information content (AvgIpc) is 4.10. The molecule has 42 heteroatoms. The number of carbonyl (C=O) groups excluding carboxylic acids is 1. The van der Waals surface area contributed by atoms with Crippen molar-refractivity contribution < 1.29 is 108 Å². The predicted molar refractivity (Wildman–Crippen MR) is 237 cm³/mol. The van der Waals surface area contributed by atoms with E-state index in [4.69, 9.17) is 54.2 Å².